The zero-order valence-electron chi connectivity index (χ0n) is 22.8. The molecule has 6 nitrogen and oxygen atoms in total. The molecule has 1 amide bonds. The molecule has 1 aliphatic carbocycles. The lowest BCUT2D eigenvalue weighted by molar-refractivity contribution is 0.0883. The van der Waals surface area contributed by atoms with Gasteiger partial charge in [0.2, 0.25) is 5.78 Å². The summed E-state index contributed by atoms with van der Waals surface area (Å²) in [7, 11) is 0. The van der Waals surface area contributed by atoms with E-state index in [-0.39, 0.29) is 23.8 Å². The van der Waals surface area contributed by atoms with E-state index in [1.165, 1.54) is 0 Å². The third-order valence-electron chi connectivity index (χ3n) is 8.17. The van der Waals surface area contributed by atoms with E-state index >= 15 is 0 Å². The Morgan fingerprint density at radius 2 is 1.82 bits per heavy atom. The number of nitrogens with zero attached hydrogens (tertiary/aromatic N) is 1. The van der Waals surface area contributed by atoms with Gasteiger partial charge in [-0.3, -0.25) is 9.59 Å². The molecule has 2 unspecified atom stereocenters. The van der Waals surface area contributed by atoms with Crippen LogP contribution in [0.5, 0.6) is 11.5 Å². The van der Waals surface area contributed by atoms with Crippen LogP contribution in [0.4, 0.5) is 0 Å². The van der Waals surface area contributed by atoms with Crippen LogP contribution in [0, 0.1) is 5.92 Å². The fourth-order valence-electron chi connectivity index (χ4n) is 5.47. The first kappa shape index (κ1) is 28.0. The number of amides is 1. The predicted octanol–water partition coefficient (Wildman–Crippen LogP) is 7.08. The first-order chi connectivity index (χ1) is 18.7. The number of fused-ring (bicyclic) bond motifs is 1. The summed E-state index contributed by atoms with van der Waals surface area (Å²) in [4.78, 5) is 28.2. The molecule has 3 aliphatic rings. The molecule has 0 bridgehead atoms. The van der Waals surface area contributed by atoms with E-state index < -0.39 is 0 Å². The van der Waals surface area contributed by atoms with Crippen molar-refractivity contribution in [2.75, 3.05) is 13.1 Å². The quantitative estimate of drug-likeness (QED) is 0.326. The Labute approximate surface area is 240 Å². The summed E-state index contributed by atoms with van der Waals surface area (Å²) in [5, 5.41) is 3.96. The number of hydrogen-bond acceptors (Lipinski definition) is 5. The predicted molar refractivity (Wildman–Crippen MR) is 154 cm³/mol. The topological polar surface area (TPSA) is 67.9 Å². The number of halogens is 2. The molecule has 5 rings (SSSR count). The second kappa shape index (κ2) is 11.9. The number of likely N-dealkylation sites (tertiary alicyclic amines) is 1. The number of rotatable bonds is 9. The maximum atomic E-state index is 13.1. The zero-order chi connectivity index (χ0) is 27.7. The molecule has 2 aromatic rings. The van der Waals surface area contributed by atoms with Crippen LogP contribution >= 0.6 is 23.2 Å². The lowest BCUT2D eigenvalue weighted by Crippen LogP contribution is -2.47. The number of ether oxygens (including phenoxy) is 2. The summed E-state index contributed by atoms with van der Waals surface area (Å²) >= 11 is 12.0. The Bertz CT molecular complexity index is 1280. The van der Waals surface area contributed by atoms with Crippen molar-refractivity contribution in [3.05, 3.63) is 68.9 Å². The molecule has 39 heavy (non-hydrogen) atoms. The van der Waals surface area contributed by atoms with Crippen LogP contribution in [0.1, 0.15) is 80.0 Å². The summed E-state index contributed by atoms with van der Waals surface area (Å²) in [5.74, 6) is 2.00. The number of carbonyl (C=O) groups excluding carboxylic acids is 2. The maximum absolute atomic E-state index is 13.1. The fraction of sp³-hybridized carbons (Fsp3) is 0.484. The van der Waals surface area contributed by atoms with Crippen LogP contribution in [-0.4, -0.2) is 47.9 Å². The Hall–Kier alpha value is -2.54. The number of ketones is 1. The zero-order valence-corrected chi connectivity index (χ0v) is 24.3. The van der Waals surface area contributed by atoms with Crippen molar-refractivity contribution in [3.63, 3.8) is 0 Å². The molecule has 1 saturated carbocycles. The molecule has 208 valence electrons. The van der Waals surface area contributed by atoms with Gasteiger partial charge in [-0.05, 0) is 101 Å². The second-order valence-electron chi connectivity index (χ2n) is 11.1. The van der Waals surface area contributed by atoms with Crippen molar-refractivity contribution >= 4 is 34.9 Å². The van der Waals surface area contributed by atoms with E-state index in [9.17, 15) is 9.59 Å². The summed E-state index contributed by atoms with van der Waals surface area (Å²) in [6.07, 6.45) is 5.88. The normalized spacial score (nSPS) is 20.7. The highest BCUT2D eigenvalue weighted by Gasteiger charge is 2.37. The fourth-order valence-corrected chi connectivity index (χ4v) is 5.77. The third kappa shape index (κ3) is 6.45. The molecule has 0 radical (unpaired) electrons. The minimum absolute atomic E-state index is 0.0349. The smallest absolute Gasteiger partial charge is 0.251 e. The van der Waals surface area contributed by atoms with Crippen LogP contribution in [0.2, 0.25) is 10.0 Å². The number of piperidine rings is 1. The maximum Gasteiger partial charge on any atom is 0.251 e. The molecular weight excluding hydrogens is 535 g/mol. The van der Waals surface area contributed by atoms with Crippen molar-refractivity contribution in [2.24, 2.45) is 5.92 Å². The van der Waals surface area contributed by atoms with Gasteiger partial charge < -0.3 is 19.7 Å². The molecule has 2 aromatic carbocycles. The molecule has 8 heteroatoms. The summed E-state index contributed by atoms with van der Waals surface area (Å²) in [6, 6.07) is 11.1. The van der Waals surface area contributed by atoms with E-state index in [4.69, 9.17) is 32.7 Å². The van der Waals surface area contributed by atoms with Crippen LogP contribution in [0.25, 0.3) is 0 Å². The van der Waals surface area contributed by atoms with Crippen molar-refractivity contribution in [1.82, 2.24) is 10.2 Å². The second-order valence-corrected chi connectivity index (χ2v) is 11.9. The van der Waals surface area contributed by atoms with E-state index in [0.29, 0.717) is 50.4 Å². The van der Waals surface area contributed by atoms with Gasteiger partial charge in [0.1, 0.15) is 17.1 Å². The minimum Gasteiger partial charge on any atom is -0.490 e. The largest absolute Gasteiger partial charge is 0.490 e. The van der Waals surface area contributed by atoms with Crippen molar-refractivity contribution in [1.29, 1.82) is 0 Å². The van der Waals surface area contributed by atoms with Crippen molar-refractivity contribution in [2.45, 2.75) is 77.5 Å². The summed E-state index contributed by atoms with van der Waals surface area (Å²) in [6.45, 7) is 8.17. The SMILES string of the molecule is C/C(=C1\Oc2cccc(OC(C)CCC(C)N3CCC(NC(=O)c4ccc(Cl)c(Cl)c4)CC3)c2C1=O)C1CC1. The Morgan fingerprint density at radius 3 is 2.51 bits per heavy atom. The Morgan fingerprint density at radius 1 is 1.08 bits per heavy atom. The highest BCUT2D eigenvalue weighted by atomic mass is 35.5. The molecule has 0 spiro atoms. The van der Waals surface area contributed by atoms with Gasteiger partial charge in [-0.25, -0.2) is 0 Å². The highest BCUT2D eigenvalue weighted by molar-refractivity contribution is 6.42. The van der Waals surface area contributed by atoms with Gasteiger partial charge in [0.15, 0.2) is 5.76 Å². The van der Waals surface area contributed by atoms with E-state index in [1.807, 2.05) is 25.1 Å². The summed E-state index contributed by atoms with van der Waals surface area (Å²) in [5.41, 5.74) is 2.14. The molecule has 2 atom stereocenters. The molecular formula is C31H36Cl2N2O4. The molecule has 2 heterocycles. The molecule has 2 aliphatic heterocycles. The third-order valence-corrected chi connectivity index (χ3v) is 8.91. The number of nitrogens with one attached hydrogen (secondary N) is 1. The molecule has 2 fully saturated rings. The molecule has 0 aromatic heterocycles. The van der Waals surface area contributed by atoms with Gasteiger partial charge in [0.05, 0.1) is 16.1 Å². The van der Waals surface area contributed by atoms with Crippen LogP contribution in [-0.2, 0) is 0 Å². The van der Waals surface area contributed by atoms with E-state index in [2.05, 4.69) is 24.1 Å². The number of allylic oxidation sites excluding steroid dienone is 2. The van der Waals surface area contributed by atoms with Gasteiger partial charge in [0, 0.05) is 30.7 Å². The van der Waals surface area contributed by atoms with Gasteiger partial charge >= 0.3 is 0 Å². The molecule has 1 N–H and O–H groups in total. The Kier molecular flexibility index (Phi) is 8.55. The highest BCUT2D eigenvalue weighted by Crippen LogP contribution is 2.44. The van der Waals surface area contributed by atoms with E-state index in [0.717, 1.165) is 57.2 Å². The van der Waals surface area contributed by atoms with Crippen LogP contribution in [0.15, 0.2) is 47.7 Å². The van der Waals surface area contributed by atoms with E-state index in [1.54, 1.807) is 18.2 Å². The standard InChI is InChI=1S/C31H36Cl2N2O4/c1-18(35-15-13-23(14-16-35)34-31(37)22-11-12-24(32)25(33)17-22)7-8-19(2)38-26-5-4-6-27-28(26)29(36)30(39-27)20(3)21-9-10-21/h4-6,11-12,17-19,21,23H,7-10,13-16H2,1-3H3,(H,34,37)/b30-20+. The van der Waals surface area contributed by atoms with Gasteiger partial charge in [0.25, 0.3) is 5.91 Å². The number of Topliss-reactive ketones (excluding diaryl/α,β-unsaturated/α-hetero) is 1. The van der Waals surface area contributed by atoms with Gasteiger partial charge in [-0.1, -0.05) is 29.3 Å². The Balaban J connectivity index is 1.08. The number of benzene rings is 2. The van der Waals surface area contributed by atoms with Crippen molar-refractivity contribution in [3.8, 4) is 11.5 Å². The lowest BCUT2D eigenvalue weighted by atomic mass is 10.0. The average molecular weight is 572 g/mol. The number of carbonyl (C=O) groups is 2. The van der Waals surface area contributed by atoms with Crippen LogP contribution in [0.3, 0.4) is 0 Å². The van der Waals surface area contributed by atoms with Gasteiger partial charge in [-0.2, -0.15) is 0 Å². The summed E-state index contributed by atoms with van der Waals surface area (Å²) < 4.78 is 12.2. The van der Waals surface area contributed by atoms with Crippen LogP contribution < -0.4 is 14.8 Å². The number of hydrogen-bond donors (Lipinski definition) is 1. The minimum atomic E-state index is -0.118. The monoisotopic (exact) mass is 570 g/mol. The lowest BCUT2D eigenvalue weighted by Gasteiger charge is -2.36. The first-order valence-electron chi connectivity index (χ1n) is 13.9. The van der Waals surface area contributed by atoms with Crippen molar-refractivity contribution < 1.29 is 19.1 Å². The molecule has 1 saturated heterocycles. The van der Waals surface area contributed by atoms with Gasteiger partial charge in [-0.15, -0.1) is 0 Å². The average Bonchev–Trinajstić information content (AvgIpc) is 3.72. The first-order valence-corrected chi connectivity index (χ1v) is 14.7.